The van der Waals surface area contributed by atoms with E-state index >= 15 is 0 Å². The van der Waals surface area contributed by atoms with Crippen molar-refractivity contribution in [3.63, 3.8) is 0 Å². The lowest BCUT2D eigenvalue weighted by molar-refractivity contribution is -0.120. The first kappa shape index (κ1) is 83.8. The molecule has 0 aliphatic heterocycles. The van der Waals surface area contributed by atoms with Gasteiger partial charge in [0.2, 0.25) is 0 Å². The first-order valence-electron chi connectivity index (χ1n) is 26.1. The summed E-state index contributed by atoms with van der Waals surface area (Å²) in [5.74, 6) is 0.719. The predicted molar refractivity (Wildman–Crippen MR) is 320 cm³/mol. The Labute approximate surface area is 468 Å². The van der Waals surface area contributed by atoms with Crippen LogP contribution >= 0.6 is 11.6 Å². The topological polar surface area (TPSA) is 231 Å². The molecular formula is C58H108ClN5O11S. The molecule has 0 spiro atoms. The van der Waals surface area contributed by atoms with Crippen molar-refractivity contribution in [1.82, 2.24) is 15.5 Å². The Kier molecular flexibility index (Phi) is 66.9. The number of aliphatic hydroxyl groups is 1. The molecule has 7 N–H and O–H groups in total. The highest BCUT2D eigenvalue weighted by molar-refractivity contribution is 7.85. The summed E-state index contributed by atoms with van der Waals surface area (Å²) in [5, 5.41) is 14.1. The summed E-state index contributed by atoms with van der Waals surface area (Å²) >= 11 is 5.46. The number of nitrogens with two attached hydrogens (primary N) is 2. The van der Waals surface area contributed by atoms with E-state index in [1.807, 2.05) is 65.0 Å². The minimum atomic E-state index is -3.16. The second-order valence-electron chi connectivity index (χ2n) is 16.8. The molecule has 0 radical (unpaired) electrons. The molecule has 0 fully saturated rings. The number of halogens is 1. The van der Waals surface area contributed by atoms with Crippen molar-refractivity contribution < 1.29 is 51.0 Å². The van der Waals surface area contributed by atoms with Crippen LogP contribution in [0.3, 0.4) is 0 Å². The number of ether oxygens (including phenoxy) is 4. The third-order valence-corrected chi connectivity index (χ3v) is 10.9. The summed E-state index contributed by atoms with van der Waals surface area (Å²) in [4.78, 5) is 37.1. The van der Waals surface area contributed by atoms with E-state index in [0.717, 1.165) is 84.4 Å². The second kappa shape index (κ2) is 60.7. The van der Waals surface area contributed by atoms with Crippen molar-refractivity contribution in [1.29, 1.82) is 0 Å². The van der Waals surface area contributed by atoms with Gasteiger partial charge in [0.05, 0.1) is 58.8 Å². The molecule has 18 heteroatoms. The molecule has 0 amide bonds. The lowest BCUT2D eigenvalue weighted by Crippen LogP contribution is -2.33. The largest absolute Gasteiger partial charge is 0.394 e. The number of rotatable bonds is 25. The Bertz CT molecular complexity index is 1850. The maximum Gasteiger partial charge on any atom is 0.264 e. The third-order valence-electron chi connectivity index (χ3n) is 9.97. The zero-order valence-corrected chi connectivity index (χ0v) is 52.1. The van der Waals surface area contributed by atoms with E-state index < -0.39 is 10.1 Å². The van der Waals surface area contributed by atoms with Crippen LogP contribution < -0.4 is 22.1 Å². The second-order valence-corrected chi connectivity index (χ2v) is 18.8. The van der Waals surface area contributed by atoms with Gasteiger partial charge in [0.25, 0.3) is 10.1 Å². The minimum Gasteiger partial charge on any atom is -0.394 e. The molecule has 0 bridgehead atoms. The molecule has 0 atom stereocenters. The normalized spacial score (nSPS) is 9.88. The number of methoxy groups -OCH3 is 4. The van der Waals surface area contributed by atoms with Crippen LogP contribution in [-0.4, -0.2) is 175 Å². The molecule has 0 aromatic heterocycles. The van der Waals surface area contributed by atoms with Gasteiger partial charge in [0.15, 0.2) is 17.3 Å². The maximum atomic E-state index is 12.2. The number of nitrogens with zero attached hydrogens (tertiary/aromatic N) is 1. The van der Waals surface area contributed by atoms with E-state index in [9.17, 15) is 22.8 Å². The number of carbonyl (C=O) groups excluding carboxylic acids is 3. The molecule has 444 valence electrons. The highest BCUT2D eigenvalue weighted by atomic mass is 35.5. The molecule has 76 heavy (non-hydrogen) atoms. The number of nitrogens with one attached hydrogen (secondary N) is 2. The van der Waals surface area contributed by atoms with Gasteiger partial charge in [-0.25, -0.2) is 0 Å². The van der Waals surface area contributed by atoms with Crippen LogP contribution in [0.2, 0.25) is 0 Å². The standard InChI is InChI=1S/C16H25NO2.C13H19NO.C11H13ClO.C5H13NO.C4H10O.C3H8O2.2C2H7N.C2H6O3S/c1-5-17(9-10-19-4)12-15(18)11-16-13(2)7-6-8-14(16)3;1-4-14-9-12(15)8-13-10(2)6-5-7-11(13)3;1-8-4-3-5-9(2)11(8)6-10(13)7-12;1-3-6-4-5-7-2;1-3-4-5-2;1-5-3-2-4;2*1-2-3;1-5-6(2,3)4/h6-8H,5,9-12H2,1-4H3;5-7,14H,4,8-9H2,1-3H3;3-5H,6-7H2,1-2H3;6H,3-5H2,1-2H3;3-4H2,1-2H3;4H,2-3H2,1H3;2*2-3H2,1H3;1-2H3. The van der Waals surface area contributed by atoms with Crippen LogP contribution in [0.1, 0.15) is 98.0 Å². The van der Waals surface area contributed by atoms with Crippen molar-refractivity contribution in [3.8, 4) is 0 Å². The number of carbonyl (C=O) groups is 3. The average molecular weight is 1120 g/mol. The van der Waals surface area contributed by atoms with Gasteiger partial charge in [-0.1, -0.05) is 96.1 Å². The zero-order chi connectivity index (χ0) is 59.8. The smallest absolute Gasteiger partial charge is 0.264 e. The van der Waals surface area contributed by atoms with Crippen LogP contribution in [-0.2, 0) is 66.9 Å². The monoisotopic (exact) mass is 1120 g/mol. The summed E-state index contributed by atoms with van der Waals surface area (Å²) in [6, 6.07) is 18.4. The molecule has 0 unspecified atom stereocenters. The number of ketones is 3. The van der Waals surface area contributed by atoms with E-state index in [4.69, 9.17) is 42.4 Å². The van der Waals surface area contributed by atoms with Crippen LogP contribution in [0.15, 0.2) is 54.6 Å². The van der Waals surface area contributed by atoms with Crippen LogP contribution in [0.4, 0.5) is 0 Å². The fourth-order valence-corrected chi connectivity index (χ4v) is 5.96. The Balaban J connectivity index is -0.000000195. The number of benzene rings is 3. The molecule has 0 aliphatic carbocycles. The highest BCUT2D eigenvalue weighted by Crippen LogP contribution is 2.16. The van der Waals surface area contributed by atoms with E-state index in [-0.39, 0.29) is 29.8 Å². The minimum absolute atomic E-state index is 0.0825. The Hall–Kier alpha value is -3.53. The van der Waals surface area contributed by atoms with Gasteiger partial charge in [-0.2, -0.15) is 8.42 Å². The zero-order valence-electron chi connectivity index (χ0n) is 50.5. The Morgan fingerprint density at radius 1 is 0.579 bits per heavy atom. The first-order valence-corrected chi connectivity index (χ1v) is 28.5. The van der Waals surface area contributed by atoms with Gasteiger partial charge in [-0.05, 0) is 131 Å². The molecule has 3 aromatic rings. The van der Waals surface area contributed by atoms with E-state index in [1.165, 1.54) is 44.5 Å². The molecule has 3 rings (SSSR count). The Morgan fingerprint density at radius 2 is 0.921 bits per heavy atom. The molecule has 0 saturated heterocycles. The number of alkyl halides is 1. The summed E-state index contributed by atoms with van der Waals surface area (Å²) < 4.78 is 42.4. The van der Waals surface area contributed by atoms with Gasteiger partial charge in [-0.3, -0.25) is 23.5 Å². The first-order chi connectivity index (χ1) is 36.0. The van der Waals surface area contributed by atoms with Crippen molar-refractivity contribution in [2.45, 2.75) is 109 Å². The number of aliphatic hydroxyl groups excluding tert-OH is 1. The van der Waals surface area contributed by atoms with Gasteiger partial charge in [-0.15, -0.1) is 11.6 Å². The molecule has 0 saturated carbocycles. The number of hydrogen-bond acceptors (Lipinski definition) is 16. The lowest BCUT2D eigenvalue weighted by atomic mass is 9.98. The number of likely N-dealkylation sites (N-methyl/N-ethyl adjacent to an activating group) is 3. The summed E-state index contributed by atoms with van der Waals surface area (Å²) in [6.07, 6.45) is 3.65. The van der Waals surface area contributed by atoms with Gasteiger partial charge in [0.1, 0.15) is 0 Å². The predicted octanol–water partition coefficient (Wildman–Crippen LogP) is 7.49. The quantitative estimate of drug-likeness (QED) is 0.0314. The molecule has 0 aliphatic rings. The fourth-order valence-electron chi connectivity index (χ4n) is 5.87. The van der Waals surface area contributed by atoms with Crippen LogP contribution in [0, 0.1) is 41.5 Å². The van der Waals surface area contributed by atoms with E-state index in [1.54, 1.807) is 28.4 Å². The van der Waals surface area contributed by atoms with E-state index in [2.05, 4.69) is 97.2 Å². The molecule has 0 heterocycles. The molecular weight excluding hydrogens is 1010 g/mol. The SMILES string of the molecule is CCCOC.CCN.CCN.CCN(CCOC)CC(=O)Cc1c(C)cccc1C.CCNCC(=O)Cc1c(C)cccc1C.CCNCCOC.COCCO.COS(C)(=O)=O.Cc1cccc(C)c1CC(=O)CCl. The highest BCUT2D eigenvalue weighted by Gasteiger charge is 2.13. The van der Waals surface area contributed by atoms with Gasteiger partial charge in [0, 0.05) is 67.4 Å². The number of Topliss-reactive ketones (excluding diaryl/α,β-unsaturated/α-hetero) is 3. The summed E-state index contributed by atoms with van der Waals surface area (Å²) in [5.41, 5.74) is 20.3. The van der Waals surface area contributed by atoms with Crippen molar-refractivity contribution in [3.05, 3.63) is 105 Å². The van der Waals surface area contributed by atoms with Crippen LogP contribution in [0.25, 0.3) is 0 Å². The number of aryl methyl sites for hydroxylation is 6. The van der Waals surface area contributed by atoms with Crippen molar-refractivity contribution in [2.75, 3.05) is 140 Å². The third kappa shape index (κ3) is 56.7. The maximum absolute atomic E-state index is 12.2. The summed E-state index contributed by atoms with van der Waals surface area (Å²) in [7, 11) is 4.61. The van der Waals surface area contributed by atoms with Crippen LogP contribution in [0.5, 0.6) is 0 Å². The average Bonchev–Trinajstić information content (AvgIpc) is 3.37. The number of hydrogen-bond donors (Lipinski definition) is 5. The van der Waals surface area contributed by atoms with E-state index in [0.29, 0.717) is 45.6 Å². The lowest BCUT2D eigenvalue weighted by Gasteiger charge is -2.19. The fraction of sp³-hybridized carbons (Fsp3) is 0.638. The summed E-state index contributed by atoms with van der Waals surface area (Å²) in [6.45, 7) is 34.3. The van der Waals surface area contributed by atoms with Crippen molar-refractivity contribution >= 4 is 39.1 Å². The molecule has 3 aromatic carbocycles. The van der Waals surface area contributed by atoms with Crippen molar-refractivity contribution in [2.24, 2.45) is 11.5 Å². The van der Waals surface area contributed by atoms with Gasteiger partial charge < -0.3 is 46.2 Å². The molecule has 16 nitrogen and oxygen atoms in total. The van der Waals surface area contributed by atoms with Gasteiger partial charge >= 0.3 is 0 Å². The Morgan fingerprint density at radius 3 is 1.17 bits per heavy atom.